The lowest BCUT2D eigenvalue weighted by atomic mass is 10.2. The molecule has 2 atom stereocenters. The zero-order valence-electron chi connectivity index (χ0n) is 7.56. The summed E-state index contributed by atoms with van der Waals surface area (Å²) in [4.78, 5) is 0. The van der Waals surface area contributed by atoms with E-state index >= 15 is 0 Å². The van der Waals surface area contributed by atoms with Gasteiger partial charge in [0, 0.05) is 12.1 Å². The van der Waals surface area contributed by atoms with Gasteiger partial charge in [0.2, 0.25) is 0 Å². The van der Waals surface area contributed by atoms with Crippen molar-refractivity contribution in [3.8, 4) is 0 Å². The molecule has 0 heterocycles. The van der Waals surface area contributed by atoms with Gasteiger partial charge in [-0.1, -0.05) is 12.8 Å². The van der Waals surface area contributed by atoms with Crippen LogP contribution in [0.2, 0.25) is 0 Å². The van der Waals surface area contributed by atoms with Gasteiger partial charge in [-0.25, -0.2) is 4.39 Å². The standard InChI is InChI=1S/C10H18FN/c11-8-5-6-10(7-8)12-9-3-1-2-4-9/h8-10,12H,1-7H2/t8-,10+/m0/s1. The summed E-state index contributed by atoms with van der Waals surface area (Å²) in [7, 11) is 0. The second-order valence-corrected chi connectivity index (χ2v) is 4.26. The SMILES string of the molecule is F[C@H]1CC[C@@H](NC2CCCC2)C1. The number of hydrogen-bond acceptors (Lipinski definition) is 1. The molecule has 2 fully saturated rings. The average Bonchev–Trinajstić information content (AvgIpc) is 2.63. The van der Waals surface area contributed by atoms with Gasteiger partial charge in [-0.3, -0.25) is 0 Å². The third-order valence-electron chi connectivity index (χ3n) is 3.20. The predicted octanol–water partition coefficient (Wildman–Crippen LogP) is 2.41. The van der Waals surface area contributed by atoms with Crippen LogP contribution in [0.25, 0.3) is 0 Å². The summed E-state index contributed by atoms with van der Waals surface area (Å²) in [5.74, 6) is 0. The molecule has 1 N–H and O–H groups in total. The van der Waals surface area contributed by atoms with Gasteiger partial charge < -0.3 is 5.32 Å². The van der Waals surface area contributed by atoms with E-state index in [2.05, 4.69) is 5.32 Å². The summed E-state index contributed by atoms with van der Waals surface area (Å²) in [6.07, 6.45) is 7.43. The summed E-state index contributed by atoms with van der Waals surface area (Å²) >= 11 is 0. The molecule has 2 aliphatic carbocycles. The number of alkyl halides is 1. The first kappa shape index (κ1) is 8.49. The van der Waals surface area contributed by atoms with Crippen molar-refractivity contribution in [2.24, 2.45) is 0 Å². The van der Waals surface area contributed by atoms with E-state index in [4.69, 9.17) is 0 Å². The fourth-order valence-corrected chi connectivity index (χ4v) is 2.50. The van der Waals surface area contributed by atoms with Crippen LogP contribution in [0.5, 0.6) is 0 Å². The summed E-state index contributed by atoms with van der Waals surface area (Å²) in [5.41, 5.74) is 0. The van der Waals surface area contributed by atoms with E-state index in [1.165, 1.54) is 25.7 Å². The van der Waals surface area contributed by atoms with Gasteiger partial charge in [-0.05, 0) is 32.1 Å². The van der Waals surface area contributed by atoms with Crippen molar-refractivity contribution in [3.63, 3.8) is 0 Å². The highest BCUT2D eigenvalue weighted by molar-refractivity contribution is 4.85. The molecule has 2 saturated carbocycles. The third kappa shape index (κ3) is 1.98. The Balaban J connectivity index is 1.72. The van der Waals surface area contributed by atoms with Crippen LogP contribution in [0, 0.1) is 0 Å². The second-order valence-electron chi connectivity index (χ2n) is 4.26. The number of halogens is 1. The molecule has 2 rings (SSSR count). The Bertz CT molecular complexity index is 143. The molecular weight excluding hydrogens is 153 g/mol. The Labute approximate surface area is 73.7 Å². The van der Waals surface area contributed by atoms with Crippen molar-refractivity contribution in [1.29, 1.82) is 0 Å². The van der Waals surface area contributed by atoms with Crippen LogP contribution >= 0.6 is 0 Å². The maximum Gasteiger partial charge on any atom is 0.102 e. The summed E-state index contributed by atoms with van der Waals surface area (Å²) in [5, 5.41) is 3.57. The minimum atomic E-state index is -0.524. The lowest BCUT2D eigenvalue weighted by Gasteiger charge is -2.17. The summed E-state index contributed by atoms with van der Waals surface area (Å²) < 4.78 is 12.8. The third-order valence-corrected chi connectivity index (χ3v) is 3.20. The van der Waals surface area contributed by atoms with Crippen molar-refractivity contribution in [3.05, 3.63) is 0 Å². The Morgan fingerprint density at radius 2 is 1.67 bits per heavy atom. The smallest absolute Gasteiger partial charge is 0.102 e. The van der Waals surface area contributed by atoms with E-state index in [-0.39, 0.29) is 0 Å². The van der Waals surface area contributed by atoms with Crippen molar-refractivity contribution >= 4 is 0 Å². The van der Waals surface area contributed by atoms with Crippen molar-refractivity contribution in [2.75, 3.05) is 0 Å². The zero-order valence-corrected chi connectivity index (χ0v) is 7.56. The minimum Gasteiger partial charge on any atom is -0.311 e. The Hall–Kier alpha value is -0.110. The van der Waals surface area contributed by atoms with Gasteiger partial charge >= 0.3 is 0 Å². The molecule has 0 amide bonds. The molecule has 0 saturated heterocycles. The topological polar surface area (TPSA) is 12.0 Å². The van der Waals surface area contributed by atoms with Gasteiger partial charge in [0.25, 0.3) is 0 Å². The van der Waals surface area contributed by atoms with E-state index in [1.54, 1.807) is 0 Å². The van der Waals surface area contributed by atoms with Crippen LogP contribution in [0.4, 0.5) is 4.39 Å². The average molecular weight is 171 g/mol. The van der Waals surface area contributed by atoms with Gasteiger partial charge in [0.05, 0.1) is 0 Å². The zero-order chi connectivity index (χ0) is 8.39. The molecule has 0 bridgehead atoms. The van der Waals surface area contributed by atoms with E-state index in [0.29, 0.717) is 12.1 Å². The molecule has 0 aromatic rings. The number of nitrogens with one attached hydrogen (secondary N) is 1. The predicted molar refractivity (Wildman–Crippen MR) is 47.9 cm³/mol. The lowest BCUT2D eigenvalue weighted by Crippen LogP contribution is -2.34. The van der Waals surface area contributed by atoms with E-state index in [1.807, 2.05) is 0 Å². The van der Waals surface area contributed by atoms with Gasteiger partial charge in [-0.2, -0.15) is 0 Å². The highest BCUT2D eigenvalue weighted by atomic mass is 19.1. The first-order valence-corrected chi connectivity index (χ1v) is 5.25. The van der Waals surface area contributed by atoms with Crippen LogP contribution in [0.1, 0.15) is 44.9 Å². The Morgan fingerprint density at radius 1 is 0.917 bits per heavy atom. The van der Waals surface area contributed by atoms with Gasteiger partial charge in [0.1, 0.15) is 6.17 Å². The fourth-order valence-electron chi connectivity index (χ4n) is 2.50. The first-order valence-electron chi connectivity index (χ1n) is 5.25. The van der Waals surface area contributed by atoms with E-state index in [9.17, 15) is 4.39 Å². The molecule has 0 unspecified atom stereocenters. The fraction of sp³-hybridized carbons (Fsp3) is 1.00. The molecule has 0 spiro atoms. The van der Waals surface area contributed by atoms with Crippen LogP contribution in [0.3, 0.4) is 0 Å². The van der Waals surface area contributed by atoms with Crippen LogP contribution in [0.15, 0.2) is 0 Å². The minimum absolute atomic E-state index is 0.489. The molecule has 12 heavy (non-hydrogen) atoms. The Kier molecular flexibility index (Phi) is 2.64. The highest BCUT2D eigenvalue weighted by Gasteiger charge is 2.26. The molecule has 0 aliphatic heterocycles. The molecule has 1 nitrogen and oxygen atoms in total. The van der Waals surface area contributed by atoms with Crippen LogP contribution in [-0.2, 0) is 0 Å². The second kappa shape index (κ2) is 3.73. The molecule has 70 valence electrons. The normalized spacial score (nSPS) is 37.8. The summed E-state index contributed by atoms with van der Waals surface area (Å²) in [6, 6.07) is 1.20. The van der Waals surface area contributed by atoms with Crippen LogP contribution in [-0.4, -0.2) is 18.3 Å². The highest BCUT2D eigenvalue weighted by Crippen LogP contribution is 2.25. The van der Waals surface area contributed by atoms with Crippen molar-refractivity contribution < 1.29 is 4.39 Å². The van der Waals surface area contributed by atoms with Crippen LogP contribution < -0.4 is 5.32 Å². The number of hydrogen-bond donors (Lipinski definition) is 1. The van der Waals surface area contributed by atoms with Crippen molar-refractivity contribution in [1.82, 2.24) is 5.32 Å². The quantitative estimate of drug-likeness (QED) is 0.672. The maximum atomic E-state index is 12.8. The van der Waals surface area contributed by atoms with E-state index < -0.39 is 6.17 Å². The van der Waals surface area contributed by atoms with Gasteiger partial charge in [0.15, 0.2) is 0 Å². The number of rotatable bonds is 2. The van der Waals surface area contributed by atoms with Gasteiger partial charge in [-0.15, -0.1) is 0 Å². The summed E-state index contributed by atoms with van der Waals surface area (Å²) in [6.45, 7) is 0. The first-order chi connectivity index (χ1) is 5.84. The maximum absolute atomic E-state index is 12.8. The monoisotopic (exact) mass is 171 g/mol. The molecule has 0 aromatic carbocycles. The van der Waals surface area contributed by atoms with Crippen molar-refractivity contribution in [2.45, 2.75) is 63.2 Å². The molecular formula is C10H18FN. The lowest BCUT2D eigenvalue weighted by molar-refractivity contribution is 0.328. The van der Waals surface area contributed by atoms with E-state index in [0.717, 1.165) is 19.3 Å². The molecule has 0 radical (unpaired) electrons. The largest absolute Gasteiger partial charge is 0.311 e. The molecule has 2 heteroatoms. The Morgan fingerprint density at radius 3 is 2.25 bits per heavy atom. The molecule has 2 aliphatic rings. The molecule has 0 aromatic heterocycles.